The van der Waals surface area contributed by atoms with Crippen LogP contribution >= 0.6 is 0 Å². The lowest BCUT2D eigenvalue weighted by Gasteiger charge is -2.19. The SMILES string of the molecule is CN(c1ccc(C(=O)c2ccc(N(C)c3ccc([N+](=O)[O-])cn3)cc2)cc1)c1ccc([N+](=O)[O-])cn1. The molecule has 0 fully saturated rings. The number of hydrogen-bond acceptors (Lipinski definition) is 9. The third kappa shape index (κ3) is 4.99. The number of carbonyl (C=O) groups is 1. The molecule has 0 aliphatic carbocycles. The van der Waals surface area contributed by atoms with Crippen LogP contribution in [-0.4, -0.2) is 39.7 Å². The van der Waals surface area contributed by atoms with Crippen LogP contribution in [0.3, 0.4) is 0 Å². The molecule has 4 aromatic rings. The Hall–Kier alpha value is -5.19. The quantitative estimate of drug-likeness (QED) is 0.191. The Morgan fingerprint density at radius 2 is 1.00 bits per heavy atom. The van der Waals surface area contributed by atoms with Crippen molar-refractivity contribution in [2.45, 2.75) is 0 Å². The van der Waals surface area contributed by atoms with Crippen molar-refractivity contribution in [3.05, 3.63) is 117 Å². The van der Waals surface area contributed by atoms with Gasteiger partial charge in [0.15, 0.2) is 5.78 Å². The fourth-order valence-corrected chi connectivity index (χ4v) is 3.47. The Bertz CT molecular complexity index is 1300. The molecule has 0 saturated carbocycles. The normalized spacial score (nSPS) is 10.5. The number of pyridine rings is 2. The van der Waals surface area contributed by atoms with Gasteiger partial charge < -0.3 is 9.80 Å². The molecular weight excluding hydrogens is 464 g/mol. The lowest BCUT2D eigenvalue weighted by Crippen LogP contribution is -2.12. The zero-order valence-electron chi connectivity index (χ0n) is 19.3. The predicted molar refractivity (Wildman–Crippen MR) is 134 cm³/mol. The van der Waals surface area contributed by atoms with E-state index in [0.29, 0.717) is 22.8 Å². The van der Waals surface area contributed by atoms with E-state index >= 15 is 0 Å². The van der Waals surface area contributed by atoms with Gasteiger partial charge in [0.1, 0.15) is 24.0 Å². The van der Waals surface area contributed by atoms with Gasteiger partial charge in [-0.25, -0.2) is 9.97 Å². The van der Waals surface area contributed by atoms with Crippen molar-refractivity contribution < 1.29 is 14.6 Å². The van der Waals surface area contributed by atoms with Gasteiger partial charge in [-0.2, -0.15) is 0 Å². The number of aromatic nitrogens is 2. The molecule has 0 bridgehead atoms. The highest BCUT2D eigenvalue weighted by Gasteiger charge is 2.14. The summed E-state index contributed by atoms with van der Waals surface area (Å²) in [5.41, 5.74) is 2.36. The molecule has 11 nitrogen and oxygen atoms in total. The van der Waals surface area contributed by atoms with Crippen LogP contribution in [0.25, 0.3) is 0 Å². The van der Waals surface area contributed by atoms with Crippen molar-refractivity contribution in [1.29, 1.82) is 0 Å². The minimum absolute atomic E-state index is 0.0886. The van der Waals surface area contributed by atoms with Crippen molar-refractivity contribution in [1.82, 2.24) is 9.97 Å². The van der Waals surface area contributed by atoms with E-state index < -0.39 is 9.85 Å². The van der Waals surface area contributed by atoms with Crippen LogP contribution in [0, 0.1) is 20.2 Å². The molecule has 0 amide bonds. The third-order valence-corrected chi connectivity index (χ3v) is 5.61. The van der Waals surface area contributed by atoms with E-state index in [1.165, 1.54) is 24.5 Å². The van der Waals surface area contributed by atoms with E-state index in [1.807, 2.05) is 0 Å². The van der Waals surface area contributed by atoms with E-state index in [-0.39, 0.29) is 17.2 Å². The molecule has 180 valence electrons. The van der Waals surface area contributed by atoms with E-state index in [4.69, 9.17) is 0 Å². The second kappa shape index (κ2) is 9.97. The van der Waals surface area contributed by atoms with Crippen LogP contribution in [-0.2, 0) is 0 Å². The summed E-state index contributed by atoms with van der Waals surface area (Å²) in [6, 6.07) is 19.8. The summed E-state index contributed by atoms with van der Waals surface area (Å²) in [6.45, 7) is 0. The van der Waals surface area contributed by atoms with Gasteiger partial charge in [-0.1, -0.05) is 0 Å². The predicted octanol–water partition coefficient (Wildman–Crippen LogP) is 5.06. The number of nitrogens with zero attached hydrogens (tertiary/aromatic N) is 6. The monoisotopic (exact) mass is 484 g/mol. The molecule has 0 atom stereocenters. The van der Waals surface area contributed by atoms with Gasteiger partial charge in [-0.3, -0.25) is 25.0 Å². The summed E-state index contributed by atoms with van der Waals surface area (Å²) in [6.07, 6.45) is 2.39. The molecule has 0 saturated heterocycles. The average molecular weight is 484 g/mol. The Balaban J connectivity index is 1.45. The topological polar surface area (TPSA) is 136 Å². The Labute approximate surface area is 205 Å². The van der Waals surface area contributed by atoms with Crippen molar-refractivity contribution >= 4 is 40.2 Å². The highest BCUT2D eigenvalue weighted by molar-refractivity contribution is 6.09. The first-order valence-electron chi connectivity index (χ1n) is 10.7. The summed E-state index contributed by atoms with van der Waals surface area (Å²) in [7, 11) is 3.56. The Morgan fingerprint density at radius 3 is 1.28 bits per heavy atom. The van der Waals surface area contributed by atoms with Crippen molar-refractivity contribution in [2.75, 3.05) is 23.9 Å². The molecule has 2 heterocycles. The van der Waals surface area contributed by atoms with Crippen LogP contribution in [0.4, 0.5) is 34.4 Å². The largest absolute Gasteiger partial charge is 0.329 e. The molecule has 0 unspecified atom stereocenters. The lowest BCUT2D eigenvalue weighted by atomic mass is 10.0. The fraction of sp³-hybridized carbons (Fsp3) is 0.0800. The van der Waals surface area contributed by atoms with Crippen LogP contribution < -0.4 is 9.80 Å². The maximum absolute atomic E-state index is 13.0. The number of rotatable bonds is 8. The van der Waals surface area contributed by atoms with Crippen molar-refractivity contribution in [3.63, 3.8) is 0 Å². The number of hydrogen-bond donors (Lipinski definition) is 0. The Kier molecular flexibility index (Phi) is 6.63. The first-order chi connectivity index (χ1) is 17.2. The van der Waals surface area contributed by atoms with Gasteiger partial charge in [0.25, 0.3) is 11.4 Å². The summed E-state index contributed by atoms with van der Waals surface area (Å²) in [5.74, 6) is 0.907. The minimum atomic E-state index is -0.506. The molecule has 0 radical (unpaired) electrons. The summed E-state index contributed by atoms with van der Waals surface area (Å²) >= 11 is 0. The van der Waals surface area contributed by atoms with Gasteiger partial charge in [-0.15, -0.1) is 0 Å². The van der Waals surface area contributed by atoms with E-state index in [9.17, 15) is 25.0 Å². The van der Waals surface area contributed by atoms with Gasteiger partial charge in [-0.05, 0) is 60.7 Å². The second-order valence-corrected chi connectivity index (χ2v) is 7.80. The second-order valence-electron chi connectivity index (χ2n) is 7.80. The zero-order valence-corrected chi connectivity index (χ0v) is 19.3. The molecule has 0 N–H and O–H groups in total. The summed E-state index contributed by atoms with van der Waals surface area (Å²) in [5, 5.41) is 21.6. The zero-order chi connectivity index (χ0) is 25.8. The van der Waals surface area contributed by atoms with Gasteiger partial charge in [0, 0.05) is 48.7 Å². The van der Waals surface area contributed by atoms with Crippen LogP contribution in [0.5, 0.6) is 0 Å². The number of ketones is 1. The smallest absolute Gasteiger partial charge is 0.287 e. The van der Waals surface area contributed by atoms with Gasteiger partial charge >= 0.3 is 0 Å². The van der Waals surface area contributed by atoms with E-state index in [2.05, 4.69) is 9.97 Å². The van der Waals surface area contributed by atoms with Crippen molar-refractivity contribution in [2.24, 2.45) is 0 Å². The highest BCUT2D eigenvalue weighted by atomic mass is 16.6. The van der Waals surface area contributed by atoms with Gasteiger partial charge in [0.05, 0.1) is 9.85 Å². The molecule has 2 aromatic carbocycles. The molecule has 0 aliphatic rings. The van der Waals surface area contributed by atoms with Crippen LogP contribution in [0.1, 0.15) is 15.9 Å². The first kappa shape index (κ1) is 24.0. The average Bonchev–Trinajstić information content (AvgIpc) is 2.92. The van der Waals surface area contributed by atoms with Crippen LogP contribution in [0.2, 0.25) is 0 Å². The third-order valence-electron chi connectivity index (χ3n) is 5.61. The number of anilines is 4. The minimum Gasteiger partial charge on any atom is -0.329 e. The maximum atomic E-state index is 13.0. The molecule has 0 spiro atoms. The first-order valence-corrected chi connectivity index (χ1v) is 10.7. The number of carbonyl (C=O) groups excluding carboxylic acids is 1. The number of nitro groups is 2. The van der Waals surface area contributed by atoms with Crippen LogP contribution in [0.15, 0.2) is 85.2 Å². The number of benzene rings is 2. The van der Waals surface area contributed by atoms with Gasteiger partial charge in [0.2, 0.25) is 0 Å². The molecule has 2 aromatic heterocycles. The molecule has 4 rings (SSSR count). The van der Waals surface area contributed by atoms with E-state index in [0.717, 1.165) is 11.4 Å². The fourth-order valence-electron chi connectivity index (χ4n) is 3.47. The highest BCUT2D eigenvalue weighted by Crippen LogP contribution is 2.26. The Morgan fingerprint density at radius 1 is 0.639 bits per heavy atom. The standard InChI is InChI=1S/C25H20N6O5/c1-28(23-13-11-21(15-26-23)30(33)34)19-7-3-17(4-8-19)25(32)18-5-9-20(10-6-18)29(2)24-14-12-22(16-27-24)31(35)36/h3-16H,1-2H3. The van der Waals surface area contributed by atoms with Crippen molar-refractivity contribution in [3.8, 4) is 0 Å². The molecule has 36 heavy (non-hydrogen) atoms. The summed E-state index contributed by atoms with van der Waals surface area (Å²) < 4.78 is 0. The molecular formula is C25H20N6O5. The van der Waals surface area contributed by atoms with E-state index in [1.54, 1.807) is 84.6 Å². The maximum Gasteiger partial charge on any atom is 0.287 e. The lowest BCUT2D eigenvalue weighted by molar-refractivity contribution is -0.385. The molecule has 0 aliphatic heterocycles. The molecule has 11 heteroatoms. The summed E-state index contributed by atoms with van der Waals surface area (Å²) in [4.78, 5) is 45.3.